The largest absolute Gasteiger partial charge is 0.356 e. The predicted octanol–water partition coefficient (Wildman–Crippen LogP) is 3.34. The summed E-state index contributed by atoms with van der Waals surface area (Å²) in [6.45, 7) is 2.96. The summed E-state index contributed by atoms with van der Waals surface area (Å²) in [5, 5.41) is 11.1. The van der Waals surface area contributed by atoms with E-state index >= 15 is 0 Å². The van der Waals surface area contributed by atoms with Crippen LogP contribution in [0.4, 0.5) is 0 Å². The first kappa shape index (κ1) is 17.7. The van der Waals surface area contributed by atoms with Gasteiger partial charge in [0, 0.05) is 26.0 Å². The second-order valence-electron chi connectivity index (χ2n) is 6.14. The third-order valence-electron chi connectivity index (χ3n) is 4.29. The van der Waals surface area contributed by atoms with Crippen molar-refractivity contribution in [2.24, 2.45) is 4.99 Å². The Bertz CT molecular complexity index is 807. The van der Waals surface area contributed by atoms with Gasteiger partial charge in [-0.3, -0.25) is 4.99 Å². The van der Waals surface area contributed by atoms with Crippen LogP contribution in [-0.2, 0) is 6.42 Å². The Balaban J connectivity index is 1.48. The van der Waals surface area contributed by atoms with E-state index in [-0.39, 0.29) is 6.04 Å². The van der Waals surface area contributed by atoms with Crippen LogP contribution in [-0.4, -0.2) is 29.3 Å². The number of hydrogen-bond acceptors (Lipinski definition) is 2. The molecule has 0 fully saturated rings. The maximum Gasteiger partial charge on any atom is 0.191 e. The molecule has 26 heavy (non-hydrogen) atoms. The molecule has 2 N–H and O–H groups in total. The Morgan fingerprint density at radius 1 is 1.08 bits per heavy atom. The van der Waals surface area contributed by atoms with E-state index < -0.39 is 0 Å². The fourth-order valence-corrected chi connectivity index (χ4v) is 2.79. The number of nitrogens with zero attached hydrogens (tertiary/aromatic N) is 3. The van der Waals surface area contributed by atoms with Gasteiger partial charge in [0.2, 0.25) is 0 Å². The van der Waals surface area contributed by atoms with Crippen molar-refractivity contribution in [3.05, 3.63) is 84.2 Å². The van der Waals surface area contributed by atoms with Crippen LogP contribution in [0.1, 0.15) is 24.1 Å². The van der Waals surface area contributed by atoms with Gasteiger partial charge in [0.05, 0.1) is 11.7 Å². The predicted molar refractivity (Wildman–Crippen MR) is 107 cm³/mol. The molecule has 1 unspecified atom stereocenters. The molecule has 0 radical (unpaired) electrons. The summed E-state index contributed by atoms with van der Waals surface area (Å²) in [5.74, 6) is 0.814. The lowest BCUT2D eigenvalue weighted by Crippen LogP contribution is -2.39. The van der Waals surface area contributed by atoms with Crippen LogP contribution in [0.25, 0.3) is 5.69 Å². The van der Waals surface area contributed by atoms with E-state index in [0.29, 0.717) is 0 Å². The zero-order valence-electron chi connectivity index (χ0n) is 15.3. The first-order chi connectivity index (χ1) is 12.8. The molecular formula is C21H25N5. The van der Waals surface area contributed by atoms with Crippen molar-refractivity contribution in [3.8, 4) is 5.69 Å². The minimum Gasteiger partial charge on any atom is -0.356 e. The number of nitrogens with one attached hydrogen (secondary N) is 2. The van der Waals surface area contributed by atoms with Crippen molar-refractivity contribution in [3.63, 3.8) is 0 Å². The van der Waals surface area contributed by atoms with Crippen LogP contribution in [0.5, 0.6) is 0 Å². The Labute approximate surface area is 154 Å². The van der Waals surface area contributed by atoms with Gasteiger partial charge in [-0.1, -0.05) is 42.5 Å². The minimum atomic E-state index is 0.204. The number of aliphatic imine (C=N–C) groups is 1. The zero-order chi connectivity index (χ0) is 18.2. The van der Waals surface area contributed by atoms with Crippen LogP contribution in [0.15, 0.2) is 78.0 Å². The Morgan fingerprint density at radius 2 is 1.85 bits per heavy atom. The molecule has 1 aromatic heterocycles. The molecule has 3 aromatic rings. The lowest BCUT2D eigenvalue weighted by atomic mass is 10.1. The summed E-state index contributed by atoms with van der Waals surface area (Å²) in [6, 6.07) is 21.0. The average Bonchev–Trinajstić information content (AvgIpc) is 3.23. The molecule has 0 aliphatic carbocycles. The normalized spacial score (nSPS) is 12.6. The van der Waals surface area contributed by atoms with Crippen LogP contribution in [0.2, 0.25) is 0 Å². The number of rotatable bonds is 6. The van der Waals surface area contributed by atoms with Crippen molar-refractivity contribution in [2.75, 3.05) is 13.6 Å². The molecule has 1 heterocycles. The lowest BCUT2D eigenvalue weighted by molar-refractivity contribution is 0.684. The van der Waals surface area contributed by atoms with Crippen LogP contribution in [0.3, 0.4) is 0 Å². The molecule has 5 nitrogen and oxygen atoms in total. The molecule has 0 aliphatic heterocycles. The van der Waals surface area contributed by atoms with Gasteiger partial charge in [-0.25, -0.2) is 4.68 Å². The van der Waals surface area contributed by atoms with Crippen LogP contribution < -0.4 is 10.6 Å². The molecule has 0 aliphatic rings. The number of hydrogen-bond donors (Lipinski definition) is 2. The fourth-order valence-electron chi connectivity index (χ4n) is 2.79. The standard InChI is InChI=1S/C21H25N5/c1-17(19-7-4-3-5-8-19)25-21(22-2)23-15-13-18-9-11-20(12-10-18)26-16-6-14-24-26/h3-12,14,16-17H,13,15H2,1-2H3,(H2,22,23,25). The summed E-state index contributed by atoms with van der Waals surface area (Å²) < 4.78 is 1.86. The maximum absolute atomic E-state index is 4.32. The number of guanidine groups is 1. The van der Waals surface area contributed by atoms with E-state index in [0.717, 1.165) is 24.6 Å². The molecule has 1 atom stereocenters. The van der Waals surface area contributed by atoms with E-state index in [1.54, 1.807) is 13.2 Å². The van der Waals surface area contributed by atoms with E-state index in [1.165, 1.54) is 11.1 Å². The summed E-state index contributed by atoms with van der Waals surface area (Å²) in [6.07, 6.45) is 4.66. The number of aromatic nitrogens is 2. The van der Waals surface area contributed by atoms with E-state index in [2.05, 4.69) is 76.2 Å². The Morgan fingerprint density at radius 3 is 2.50 bits per heavy atom. The molecule has 0 saturated carbocycles. The summed E-state index contributed by atoms with van der Waals surface area (Å²) in [7, 11) is 1.80. The first-order valence-electron chi connectivity index (χ1n) is 8.87. The third kappa shape index (κ3) is 4.72. The molecular weight excluding hydrogens is 322 g/mol. The van der Waals surface area contributed by atoms with Gasteiger partial charge in [0.25, 0.3) is 0 Å². The van der Waals surface area contributed by atoms with Crippen molar-refractivity contribution >= 4 is 5.96 Å². The summed E-state index contributed by atoms with van der Waals surface area (Å²) in [5.41, 5.74) is 3.59. The quantitative estimate of drug-likeness (QED) is 0.531. The molecule has 0 bridgehead atoms. The molecule has 0 amide bonds. The van der Waals surface area contributed by atoms with Crippen LogP contribution >= 0.6 is 0 Å². The van der Waals surface area contributed by atoms with E-state index in [4.69, 9.17) is 0 Å². The highest BCUT2D eigenvalue weighted by molar-refractivity contribution is 5.80. The molecule has 0 saturated heterocycles. The highest BCUT2D eigenvalue weighted by Crippen LogP contribution is 2.11. The molecule has 134 valence electrons. The van der Waals surface area contributed by atoms with Crippen molar-refractivity contribution in [1.82, 2.24) is 20.4 Å². The molecule has 2 aromatic carbocycles. The van der Waals surface area contributed by atoms with Crippen LogP contribution in [0, 0.1) is 0 Å². The van der Waals surface area contributed by atoms with E-state index in [1.807, 2.05) is 23.0 Å². The van der Waals surface area contributed by atoms with Crippen molar-refractivity contribution in [1.29, 1.82) is 0 Å². The monoisotopic (exact) mass is 347 g/mol. The molecule has 0 spiro atoms. The highest BCUT2D eigenvalue weighted by Gasteiger charge is 2.07. The van der Waals surface area contributed by atoms with E-state index in [9.17, 15) is 0 Å². The maximum atomic E-state index is 4.32. The van der Waals surface area contributed by atoms with Gasteiger partial charge >= 0.3 is 0 Å². The second kappa shape index (κ2) is 8.85. The molecule has 5 heteroatoms. The minimum absolute atomic E-state index is 0.204. The smallest absolute Gasteiger partial charge is 0.191 e. The van der Waals surface area contributed by atoms with Crippen molar-refractivity contribution < 1.29 is 0 Å². The number of benzene rings is 2. The third-order valence-corrected chi connectivity index (χ3v) is 4.29. The van der Waals surface area contributed by atoms with Gasteiger partial charge in [-0.05, 0) is 42.7 Å². The zero-order valence-corrected chi connectivity index (χ0v) is 15.3. The summed E-state index contributed by atoms with van der Waals surface area (Å²) >= 11 is 0. The average molecular weight is 347 g/mol. The Hall–Kier alpha value is -3.08. The van der Waals surface area contributed by atoms with Gasteiger partial charge in [0.15, 0.2) is 5.96 Å². The molecule has 3 rings (SSSR count). The van der Waals surface area contributed by atoms with Gasteiger partial charge in [-0.2, -0.15) is 5.10 Å². The van der Waals surface area contributed by atoms with Crippen molar-refractivity contribution in [2.45, 2.75) is 19.4 Å². The Kier molecular flexibility index (Phi) is 6.04. The van der Waals surface area contributed by atoms with Gasteiger partial charge in [-0.15, -0.1) is 0 Å². The second-order valence-corrected chi connectivity index (χ2v) is 6.14. The lowest BCUT2D eigenvalue weighted by Gasteiger charge is -2.18. The first-order valence-corrected chi connectivity index (χ1v) is 8.87. The van der Waals surface area contributed by atoms with Gasteiger partial charge in [0.1, 0.15) is 0 Å². The summed E-state index contributed by atoms with van der Waals surface area (Å²) in [4.78, 5) is 4.32. The van der Waals surface area contributed by atoms with Gasteiger partial charge < -0.3 is 10.6 Å². The SMILES string of the molecule is CN=C(NCCc1ccc(-n2cccn2)cc1)NC(C)c1ccccc1. The highest BCUT2D eigenvalue weighted by atomic mass is 15.3. The topological polar surface area (TPSA) is 54.2 Å². The fraction of sp³-hybridized carbons (Fsp3) is 0.238.